The van der Waals surface area contributed by atoms with Crippen LogP contribution in [0.2, 0.25) is 0 Å². The van der Waals surface area contributed by atoms with E-state index < -0.39 is 0 Å². The lowest BCUT2D eigenvalue weighted by molar-refractivity contribution is 0.231. The summed E-state index contributed by atoms with van der Waals surface area (Å²) in [6.45, 7) is 2.17. The van der Waals surface area contributed by atoms with E-state index in [9.17, 15) is 0 Å². The Kier molecular flexibility index (Phi) is 4.35. The van der Waals surface area contributed by atoms with Crippen molar-refractivity contribution in [3.05, 3.63) is 11.9 Å². The highest BCUT2D eigenvalue weighted by atomic mass is 79.9. The molecular weight excluding hydrogens is 268 g/mol. The first kappa shape index (κ1) is 12.0. The quantitative estimate of drug-likeness (QED) is 0.776. The first-order valence-electron chi connectivity index (χ1n) is 5.95. The fourth-order valence-electron chi connectivity index (χ4n) is 2.42. The highest BCUT2D eigenvalue weighted by molar-refractivity contribution is 9.09. The molecule has 4 nitrogen and oxygen atoms in total. The largest absolute Gasteiger partial charge is 0.294 e. The third-order valence-electron chi connectivity index (χ3n) is 3.19. The summed E-state index contributed by atoms with van der Waals surface area (Å²) in [6, 6.07) is 0.750. The zero-order chi connectivity index (χ0) is 11.4. The summed E-state index contributed by atoms with van der Waals surface area (Å²) in [5, 5.41) is 9.25. The number of likely N-dealkylation sites (tertiary alicyclic amines) is 1. The predicted molar refractivity (Wildman–Crippen MR) is 67.5 cm³/mol. The molecule has 0 radical (unpaired) electrons. The normalized spacial score (nSPS) is 21.8. The Morgan fingerprint density at radius 1 is 1.56 bits per heavy atom. The van der Waals surface area contributed by atoms with Gasteiger partial charge in [-0.05, 0) is 32.2 Å². The van der Waals surface area contributed by atoms with Crippen LogP contribution in [-0.2, 0) is 13.6 Å². The van der Waals surface area contributed by atoms with Gasteiger partial charge in [0, 0.05) is 31.2 Å². The molecule has 1 aliphatic heterocycles. The number of halogens is 1. The minimum absolute atomic E-state index is 0.750. The maximum atomic E-state index is 4.16. The number of hydrogen-bond acceptors (Lipinski definition) is 3. The van der Waals surface area contributed by atoms with E-state index in [1.165, 1.54) is 32.2 Å². The average molecular weight is 287 g/mol. The van der Waals surface area contributed by atoms with Crippen LogP contribution >= 0.6 is 15.9 Å². The molecule has 1 fully saturated rings. The number of rotatable bonds is 5. The van der Waals surface area contributed by atoms with Crippen LogP contribution in [-0.4, -0.2) is 37.8 Å². The van der Waals surface area contributed by atoms with Crippen LogP contribution in [0.4, 0.5) is 0 Å². The van der Waals surface area contributed by atoms with E-state index in [2.05, 4.69) is 31.1 Å². The second kappa shape index (κ2) is 5.77. The van der Waals surface area contributed by atoms with Crippen molar-refractivity contribution in [3.63, 3.8) is 0 Å². The summed E-state index contributed by atoms with van der Waals surface area (Å²) < 4.78 is 1.78. The Hall–Kier alpha value is -0.420. The molecule has 16 heavy (non-hydrogen) atoms. The Morgan fingerprint density at radius 3 is 3.12 bits per heavy atom. The van der Waals surface area contributed by atoms with Gasteiger partial charge in [0.25, 0.3) is 0 Å². The summed E-state index contributed by atoms with van der Waals surface area (Å²) in [4.78, 5) is 2.55. The van der Waals surface area contributed by atoms with Gasteiger partial charge in [0.1, 0.15) is 0 Å². The highest BCUT2D eigenvalue weighted by Crippen LogP contribution is 2.23. The molecule has 1 aromatic heterocycles. The van der Waals surface area contributed by atoms with Crippen LogP contribution in [0.15, 0.2) is 6.20 Å². The molecule has 0 aliphatic carbocycles. The third-order valence-corrected chi connectivity index (χ3v) is 3.75. The highest BCUT2D eigenvalue weighted by Gasteiger charge is 2.24. The number of hydrogen-bond donors (Lipinski definition) is 0. The molecule has 2 heterocycles. The summed E-state index contributed by atoms with van der Waals surface area (Å²) in [6.07, 6.45) is 7.24. The second-order valence-electron chi connectivity index (χ2n) is 4.48. The molecule has 90 valence electrons. The van der Waals surface area contributed by atoms with E-state index in [0.717, 1.165) is 23.6 Å². The van der Waals surface area contributed by atoms with Crippen molar-refractivity contribution < 1.29 is 0 Å². The fourth-order valence-corrected chi connectivity index (χ4v) is 2.74. The van der Waals surface area contributed by atoms with Gasteiger partial charge in [0.15, 0.2) is 0 Å². The zero-order valence-electron chi connectivity index (χ0n) is 9.77. The summed E-state index contributed by atoms with van der Waals surface area (Å²) >= 11 is 3.50. The van der Waals surface area contributed by atoms with Crippen LogP contribution in [0.3, 0.4) is 0 Å². The second-order valence-corrected chi connectivity index (χ2v) is 5.27. The molecule has 1 atom stereocenters. The van der Waals surface area contributed by atoms with Crippen LogP contribution in [0, 0.1) is 0 Å². The van der Waals surface area contributed by atoms with Crippen molar-refractivity contribution in [2.75, 3.05) is 11.9 Å². The van der Waals surface area contributed by atoms with Crippen LogP contribution in [0.5, 0.6) is 0 Å². The van der Waals surface area contributed by atoms with Gasteiger partial charge in [-0.15, -0.1) is 5.10 Å². The van der Waals surface area contributed by atoms with Gasteiger partial charge < -0.3 is 0 Å². The first-order valence-corrected chi connectivity index (χ1v) is 7.07. The lowest BCUT2D eigenvalue weighted by atomic mass is 10.1. The molecule has 0 aromatic carbocycles. The van der Waals surface area contributed by atoms with Crippen LogP contribution < -0.4 is 0 Å². The zero-order valence-corrected chi connectivity index (χ0v) is 11.4. The number of nitrogens with zero attached hydrogens (tertiary/aromatic N) is 4. The average Bonchev–Trinajstić information content (AvgIpc) is 2.86. The van der Waals surface area contributed by atoms with Crippen molar-refractivity contribution in [1.82, 2.24) is 19.9 Å². The first-order chi connectivity index (χ1) is 7.79. The van der Waals surface area contributed by atoms with E-state index in [4.69, 9.17) is 0 Å². The number of alkyl halides is 1. The molecule has 0 spiro atoms. The summed E-state index contributed by atoms with van der Waals surface area (Å²) in [7, 11) is 1.92. The van der Waals surface area contributed by atoms with E-state index in [0.29, 0.717) is 0 Å². The lowest BCUT2D eigenvalue weighted by Gasteiger charge is -2.22. The Labute approximate surface area is 105 Å². The van der Waals surface area contributed by atoms with Gasteiger partial charge >= 0.3 is 0 Å². The van der Waals surface area contributed by atoms with Crippen molar-refractivity contribution in [3.8, 4) is 0 Å². The van der Waals surface area contributed by atoms with Crippen molar-refractivity contribution in [2.45, 2.75) is 38.3 Å². The van der Waals surface area contributed by atoms with Crippen molar-refractivity contribution in [2.24, 2.45) is 7.05 Å². The Morgan fingerprint density at radius 2 is 2.44 bits per heavy atom. The standard InChI is InChI=1S/C11H19BrN4/c1-15-8-10(13-14-15)9-16-7-3-5-11(16)4-2-6-12/h8,11H,2-7,9H2,1H3. The molecule has 1 aliphatic rings. The van der Waals surface area contributed by atoms with Gasteiger partial charge in [-0.1, -0.05) is 21.1 Å². The van der Waals surface area contributed by atoms with Gasteiger partial charge in [0.2, 0.25) is 0 Å². The van der Waals surface area contributed by atoms with Gasteiger partial charge in [-0.2, -0.15) is 0 Å². The van der Waals surface area contributed by atoms with Crippen LogP contribution in [0.25, 0.3) is 0 Å². The molecule has 0 amide bonds. The predicted octanol–water partition coefficient (Wildman–Crippen LogP) is 1.95. The van der Waals surface area contributed by atoms with E-state index >= 15 is 0 Å². The Balaban J connectivity index is 1.88. The number of aryl methyl sites for hydroxylation is 1. The fraction of sp³-hybridized carbons (Fsp3) is 0.818. The molecule has 1 unspecified atom stereocenters. The molecule has 2 rings (SSSR count). The molecular formula is C11H19BrN4. The molecule has 1 aromatic rings. The van der Waals surface area contributed by atoms with Crippen molar-refractivity contribution in [1.29, 1.82) is 0 Å². The summed E-state index contributed by atoms with van der Waals surface area (Å²) in [5.74, 6) is 0. The Bertz CT molecular complexity index is 326. The number of aromatic nitrogens is 3. The van der Waals surface area contributed by atoms with Crippen LogP contribution in [0.1, 0.15) is 31.4 Å². The van der Waals surface area contributed by atoms with Gasteiger partial charge in [-0.25, -0.2) is 0 Å². The lowest BCUT2D eigenvalue weighted by Crippen LogP contribution is -2.29. The molecule has 0 saturated carbocycles. The molecule has 0 bridgehead atoms. The van der Waals surface area contributed by atoms with E-state index in [-0.39, 0.29) is 0 Å². The van der Waals surface area contributed by atoms with Crippen molar-refractivity contribution >= 4 is 15.9 Å². The SMILES string of the molecule is Cn1cc(CN2CCCC2CCCBr)nn1. The minimum Gasteiger partial charge on any atom is -0.294 e. The molecule has 5 heteroatoms. The maximum absolute atomic E-state index is 4.16. The van der Waals surface area contributed by atoms with E-state index in [1.54, 1.807) is 4.68 Å². The summed E-state index contributed by atoms with van der Waals surface area (Å²) in [5.41, 5.74) is 1.09. The van der Waals surface area contributed by atoms with Gasteiger partial charge in [-0.3, -0.25) is 9.58 Å². The molecule has 1 saturated heterocycles. The topological polar surface area (TPSA) is 34.0 Å². The smallest absolute Gasteiger partial charge is 0.0967 e. The maximum Gasteiger partial charge on any atom is 0.0967 e. The monoisotopic (exact) mass is 286 g/mol. The molecule has 0 N–H and O–H groups in total. The minimum atomic E-state index is 0.750. The van der Waals surface area contributed by atoms with E-state index in [1.807, 2.05) is 13.2 Å². The van der Waals surface area contributed by atoms with Gasteiger partial charge in [0.05, 0.1) is 5.69 Å². The third kappa shape index (κ3) is 3.04.